The van der Waals surface area contributed by atoms with Gasteiger partial charge in [-0.3, -0.25) is 4.79 Å². The van der Waals surface area contributed by atoms with E-state index in [-0.39, 0.29) is 5.92 Å². The number of aliphatic carboxylic acids is 1. The van der Waals surface area contributed by atoms with Crippen LogP contribution in [-0.2, 0) is 4.79 Å². The number of aromatic nitrogens is 2. The molecule has 1 heterocycles. The van der Waals surface area contributed by atoms with Gasteiger partial charge in [0.25, 0.3) is 0 Å². The van der Waals surface area contributed by atoms with Gasteiger partial charge >= 0.3 is 5.97 Å². The van der Waals surface area contributed by atoms with Gasteiger partial charge in [-0.15, -0.1) is 0 Å². The molecule has 0 aliphatic rings. The summed E-state index contributed by atoms with van der Waals surface area (Å²) >= 11 is 0. The third-order valence-corrected chi connectivity index (χ3v) is 1.81. The normalized spacial score (nSPS) is 15.5. The standard InChI is InChI=1S/C7H11N3O2/c1-4(6(8)7(11)12)5-2-9-3-10-5/h2-4,6H,8H2,1H3,(H,9,10)(H,11,12). The molecule has 0 amide bonds. The molecular formula is C7H11N3O2. The van der Waals surface area contributed by atoms with Crippen LogP contribution in [0.4, 0.5) is 0 Å². The highest BCUT2D eigenvalue weighted by molar-refractivity contribution is 5.74. The topological polar surface area (TPSA) is 92.0 Å². The molecule has 5 nitrogen and oxygen atoms in total. The zero-order valence-electron chi connectivity index (χ0n) is 6.69. The van der Waals surface area contributed by atoms with Crippen molar-refractivity contribution >= 4 is 5.97 Å². The molecule has 0 spiro atoms. The first-order valence-corrected chi connectivity index (χ1v) is 3.60. The van der Waals surface area contributed by atoms with E-state index in [4.69, 9.17) is 10.8 Å². The maximum atomic E-state index is 10.5. The van der Waals surface area contributed by atoms with Gasteiger partial charge in [-0.1, -0.05) is 6.92 Å². The number of carboxylic acids is 1. The fourth-order valence-electron chi connectivity index (χ4n) is 0.919. The second-order valence-corrected chi connectivity index (χ2v) is 2.65. The second kappa shape index (κ2) is 3.36. The Morgan fingerprint density at radius 2 is 2.50 bits per heavy atom. The Morgan fingerprint density at radius 3 is 2.92 bits per heavy atom. The van der Waals surface area contributed by atoms with Gasteiger partial charge in [-0.2, -0.15) is 0 Å². The van der Waals surface area contributed by atoms with Gasteiger partial charge in [0.2, 0.25) is 0 Å². The van der Waals surface area contributed by atoms with Crippen LogP contribution in [0.5, 0.6) is 0 Å². The van der Waals surface area contributed by atoms with Crippen molar-refractivity contribution in [2.24, 2.45) is 5.73 Å². The Morgan fingerprint density at radius 1 is 1.83 bits per heavy atom. The van der Waals surface area contributed by atoms with Crippen molar-refractivity contribution in [2.45, 2.75) is 18.9 Å². The molecule has 0 bridgehead atoms. The van der Waals surface area contributed by atoms with E-state index in [0.29, 0.717) is 5.69 Å². The van der Waals surface area contributed by atoms with Crippen LogP contribution in [-0.4, -0.2) is 27.1 Å². The number of hydrogen-bond acceptors (Lipinski definition) is 3. The predicted molar refractivity (Wildman–Crippen MR) is 42.6 cm³/mol. The molecule has 0 saturated carbocycles. The molecule has 0 aliphatic heterocycles. The summed E-state index contributed by atoms with van der Waals surface area (Å²) in [5.74, 6) is -1.28. The van der Waals surface area contributed by atoms with Crippen molar-refractivity contribution in [1.82, 2.24) is 9.97 Å². The van der Waals surface area contributed by atoms with Crippen molar-refractivity contribution in [3.63, 3.8) is 0 Å². The van der Waals surface area contributed by atoms with E-state index in [1.807, 2.05) is 0 Å². The Bertz CT molecular complexity index is 258. The molecule has 0 aromatic carbocycles. The first-order chi connectivity index (χ1) is 5.63. The molecule has 0 saturated heterocycles. The lowest BCUT2D eigenvalue weighted by Crippen LogP contribution is -2.35. The molecule has 1 rings (SSSR count). The number of nitrogens with two attached hydrogens (primary N) is 1. The van der Waals surface area contributed by atoms with Gasteiger partial charge in [0.1, 0.15) is 6.04 Å². The number of carboxylic acid groups (broad SMARTS) is 1. The average molecular weight is 169 g/mol. The quantitative estimate of drug-likeness (QED) is 0.590. The number of nitrogens with zero attached hydrogens (tertiary/aromatic N) is 1. The van der Waals surface area contributed by atoms with Gasteiger partial charge in [-0.05, 0) is 0 Å². The molecule has 2 atom stereocenters. The Hall–Kier alpha value is -1.36. The summed E-state index contributed by atoms with van der Waals surface area (Å²) in [6, 6.07) is -0.895. The SMILES string of the molecule is CC(c1c[nH]cn1)C(N)C(=O)O. The zero-order valence-corrected chi connectivity index (χ0v) is 6.69. The molecule has 5 heteroatoms. The summed E-state index contributed by atoms with van der Waals surface area (Å²) in [6.07, 6.45) is 3.15. The smallest absolute Gasteiger partial charge is 0.321 e. The summed E-state index contributed by atoms with van der Waals surface area (Å²) in [6.45, 7) is 1.73. The highest BCUT2D eigenvalue weighted by atomic mass is 16.4. The summed E-state index contributed by atoms with van der Waals surface area (Å²) in [4.78, 5) is 17.1. The van der Waals surface area contributed by atoms with Crippen molar-refractivity contribution in [1.29, 1.82) is 0 Å². The predicted octanol–water partition coefficient (Wildman–Crippen LogP) is -0.0749. The molecule has 1 aromatic heterocycles. The Kier molecular flexibility index (Phi) is 2.44. The second-order valence-electron chi connectivity index (χ2n) is 2.65. The van der Waals surface area contributed by atoms with Crippen LogP contribution in [0.25, 0.3) is 0 Å². The average Bonchev–Trinajstić information content (AvgIpc) is 2.53. The van der Waals surface area contributed by atoms with Crippen molar-refractivity contribution in [3.8, 4) is 0 Å². The lowest BCUT2D eigenvalue weighted by atomic mass is 10.0. The molecule has 4 N–H and O–H groups in total. The van der Waals surface area contributed by atoms with Crippen molar-refractivity contribution in [3.05, 3.63) is 18.2 Å². The highest BCUT2D eigenvalue weighted by Crippen LogP contribution is 2.14. The van der Waals surface area contributed by atoms with Crippen LogP contribution < -0.4 is 5.73 Å². The molecule has 66 valence electrons. The molecular weight excluding hydrogens is 158 g/mol. The van der Waals surface area contributed by atoms with E-state index in [1.54, 1.807) is 13.1 Å². The number of nitrogens with one attached hydrogen (secondary N) is 1. The molecule has 0 aliphatic carbocycles. The first kappa shape index (κ1) is 8.73. The molecule has 12 heavy (non-hydrogen) atoms. The minimum atomic E-state index is -1.01. The third kappa shape index (κ3) is 1.62. The fraction of sp³-hybridized carbons (Fsp3) is 0.429. The van der Waals surface area contributed by atoms with Gasteiger partial charge in [0.05, 0.1) is 12.0 Å². The van der Waals surface area contributed by atoms with Crippen LogP contribution >= 0.6 is 0 Å². The van der Waals surface area contributed by atoms with Crippen LogP contribution in [0.3, 0.4) is 0 Å². The Balaban J connectivity index is 2.71. The summed E-state index contributed by atoms with van der Waals surface area (Å²) in [7, 11) is 0. The van der Waals surface area contributed by atoms with E-state index in [1.165, 1.54) is 6.33 Å². The van der Waals surface area contributed by atoms with Gasteiger partial charge in [0, 0.05) is 12.1 Å². The molecule has 2 unspecified atom stereocenters. The monoisotopic (exact) mass is 169 g/mol. The molecule has 0 fully saturated rings. The summed E-state index contributed by atoms with van der Waals surface area (Å²) < 4.78 is 0. The van der Waals surface area contributed by atoms with Crippen LogP contribution in [0, 0.1) is 0 Å². The molecule has 1 aromatic rings. The molecule has 0 radical (unpaired) electrons. The van der Waals surface area contributed by atoms with Crippen LogP contribution in [0.1, 0.15) is 18.5 Å². The van der Waals surface area contributed by atoms with E-state index in [2.05, 4.69) is 9.97 Å². The largest absolute Gasteiger partial charge is 0.480 e. The lowest BCUT2D eigenvalue weighted by molar-refractivity contribution is -0.139. The maximum absolute atomic E-state index is 10.5. The number of rotatable bonds is 3. The van der Waals surface area contributed by atoms with Gasteiger partial charge in [-0.25, -0.2) is 4.98 Å². The minimum Gasteiger partial charge on any atom is -0.480 e. The zero-order chi connectivity index (χ0) is 9.14. The number of imidazole rings is 1. The summed E-state index contributed by atoms with van der Waals surface area (Å²) in [5, 5.41) is 8.59. The van der Waals surface area contributed by atoms with E-state index in [0.717, 1.165) is 0 Å². The van der Waals surface area contributed by atoms with Gasteiger partial charge in [0.15, 0.2) is 0 Å². The number of hydrogen-bond donors (Lipinski definition) is 3. The number of carbonyl (C=O) groups is 1. The number of aromatic amines is 1. The van der Waals surface area contributed by atoms with Crippen LogP contribution in [0.15, 0.2) is 12.5 Å². The first-order valence-electron chi connectivity index (χ1n) is 3.60. The van der Waals surface area contributed by atoms with Gasteiger partial charge < -0.3 is 15.8 Å². The highest BCUT2D eigenvalue weighted by Gasteiger charge is 2.22. The lowest BCUT2D eigenvalue weighted by Gasteiger charge is -2.12. The van der Waals surface area contributed by atoms with E-state index < -0.39 is 12.0 Å². The van der Waals surface area contributed by atoms with Crippen molar-refractivity contribution < 1.29 is 9.90 Å². The van der Waals surface area contributed by atoms with Crippen molar-refractivity contribution in [2.75, 3.05) is 0 Å². The third-order valence-electron chi connectivity index (χ3n) is 1.81. The van der Waals surface area contributed by atoms with Crippen LogP contribution in [0.2, 0.25) is 0 Å². The van der Waals surface area contributed by atoms with E-state index in [9.17, 15) is 4.79 Å². The number of H-pyrrole nitrogens is 1. The Labute approximate surface area is 69.6 Å². The minimum absolute atomic E-state index is 0.270. The summed E-state index contributed by atoms with van der Waals surface area (Å²) in [5.41, 5.74) is 6.07. The van der Waals surface area contributed by atoms with E-state index >= 15 is 0 Å². The maximum Gasteiger partial charge on any atom is 0.321 e. The fourth-order valence-corrected chi connectivity index (χ4v) is 0.919.